The summed E-state index contributed by atoms with van der Waals surface area (Å²) >= 11 is 0. The SMILES string of the molecule is CN(Cc1ccncc1)C(=O)c1noc([C@@H](CCCC2CCCCC2)CC(=O)NO)n1. The Morgan fingerprint density at radius 2 is 2.00 bits per heavy atom. The van der Waals surface area contributed by atoms with Gasteiger partial charge < -0.3 is 9.42 Å². The van der Waals surface area contributed by atoms with E-state index in [1.54, 1.807) is 24.9 Å². The van der Waals surface area contributed by atoms with Gasteiger partial charge in [0.05, 0.1) is 0 Å². The Morgan fingerprint density at radius 3 is 2.71 bits per heavy atom. The summed E-state index contributed by atoms with van der Waals surface area (Å²) in [5.74, 6) is -0.248. The Bertz CT molecular complexity index is 835. The second kappa shape index (κ2) is 11.5. The van der Waals surface area contributed by atoms with Crippen LogP contribution in [0.1, 0.15) is 85.8 Å². The van der Waals surface area contributed by atoms with Gasteiger partial charge in [-0.3, -0.25) is 19.8 Å². The van der Waals surface area contributed by atoms with Crippen molar-refractivity contribution in [1.29, 1.82) is 0 Å². The molecule has 0 radical (unpaired) electrons. The average molecular weight is 430 g/mol. The molecule has 0 saturated heterocycles. The number of aromatic nitrogens is 3. The number of pyridine rings is 1. The number of hydrogen-bond acceptors (Lipinski definition) is 7. The zero-order valence-corrected chi connectivity index (χ0v) is 18.0. The van der Waals surface area contributed by atoms with Gasteiger partial charge >= 0.3 is 0 Å². The van der Waals surface area contributed by atoms with E-state index in [0.717, 1.165) is 24.3 Å². The van der Waals surface area contributed by atoms with Crippen LogP contribution in [0.2, 0.25) is 0 Å². The molecule has 2 amide bonds. The number of nitrogens with zero attached hydrogens (tertiary/aromatic N) is 4. The summed E-state index contributed by atoms with van der Waals surface area (Å²) in [6.45, 7) is 0.392. The van der Waals surface area contributed by atoms with Crippen LogP contribution in [0.3, 0.4) is 0 Å². The fourth-order valence-corrected chi connectivity index (χ4v) is 4.20. The van der Waals surface area contributed by atoms with E-state index in [-0.39, 0.29) is 30.0 Å². The Labute approximate surface area is 182 Å². The summed E-state index contributed by atoms with van der Waals surface area (Å²) < 4.78 is 5.36. The third-order valence-electron chi connectivity index (χ3n) is 5.94. The molecule has 0 aromatic carbocycles. The first-order valence-electron chi connectivity index (χ1n) is 11.0. The van der Waals surface area contributed by atoms with E-state index in [1.165, 1.54) is 37.0 Å². The second-order valence-corrected chi connectivity index (χ2v) is 8.34. The van der Waals surface area contributed by atoms with Gasteiger partial charge in [-0.1, -0.05) is 50.1 Å². The van der Waals surface area contributed by atoms with E-state index in [4.69, 9.17) is 9.73 Å². The Hall–Kier alpha value is -2.81. The van der Waals surface area contributed by atoms with Gasteiger partial charge in [0, 0.05) is 38.3 Å². The highest BCUT2D eigenvalue weighted by Crippen LogP contribution is 2.31. The smallest absolute Gasteiger partial charge is 0.295 e. The number of carbonyl (C=O) groups is 2. The van der Waals surface area contributed by atoms with Crippen molar-refractivity contribution in [2.24, 2.45) is 5.92 Å². The van der Waals surface area contributed by atoms with E-state index in [9.17, 15) is 9.59 Å². The Morgan fingerprint density at radius 1 is 1.26 bits per heavy atom. The van der Waals surface area contributed by atoms with Crippen LogP contribution in [0.15, 0.2) is 29.0 Å². The van der Waals surface area contributed by atoms with E-state index in [0.29, 0.717) is 13.0 Å². The minimum Gasteiger partial charge on any atom is -0.338 e. The van der Waals surface area contributed by atoms with Gasteiger partial charge in [0.1, 0.15) is 0 Å². The van der Waals surface area contributed by atoms with Gasteiger partial charge in [-0.25, -0.2) is 5.48 Å². The molecule has 9 nitrogen and oxygen atoms in total. The van der Waals surface area contributed by atoms with Crippen LogP contribution < -0.4 is 5.48 Å². The maximum atomic E-state index is 12.7. The number of hydroxylamine groups is 1. The first kappa shape index (κ1) is 22.9. The van der Waals surface area contributed by atoms with E-state index >= 15 is 0 Å². The molecular weight excluding hydrogens is 398 g/mol. The predicted molar refractivity (Wildman–Crippen MR) is 112 cm³/mol. The van der Waals surface area contributed by atoms with Crippen LogP contribution in [-0.4, -0.2) is 44.1 Å². The first-order valence-corrected chi connectivity index (χ1v) is 11.0. The second-order valence-electron chi connectivity index (χ2n) is 8.34. The molecule has 168 valence electrons. The van der Waals surface area contributed by atoms with Gasteiger partial charge in [-0.2, -0.15) is 4.98 Å². The van der Waals surface area contributed by atoms with Crippen LogP contribution in [0.5, 0.6) is 0 Å². The molecule has 9 heteroatoms. The molecule has 2 aromatic rings. The van der Waals surface area contributed by atoms with Crippen LogP contribution in [-0.2, 0) is 11.3 Å². The molecule has 1 aliphatic carbocycles. The molecular formula is C22H31N5O4. The van der Waals surface area contributed by atoms with Crippen LogP contribution in [0.25, 0.3) is 0 Å². The highest BCUT2D eigenvalue weighted by Gasteiger charge is 2.26. The monoisotopic (exact) mass is 429 g/mol. The van der Waals surface area contributed by atoms with Crippen LogP contribution in [0, 0.1) is 5.92 Å². The first-order chi connectivity index (χ1) is 15.1. The van der Waals surface area contributed by atoms with Crippen molar-refractivity contribution in [3.63, 3.8) is 0 Å². The number of carbonyl (C=O) groups excluding carboxylic acids is 2. The van der Waals surface area contributed by atoms with Gasteiger partial charge in [-0.05, 0) is 30.0 Å². The van der Waals surface area contributed by atoms with Crippen molar-refractivity contribution in [2.75, 3.05) is 7.05 Å². The third-order valence-corrected chi connectivity index (χ3v) is 5.94. The fourth-order valence-electron chi connectivity index (χ4n) is 4.20. The van der Waals surface area contributed by atoms with Crippen LogP contribution in [0.4, 0.5) is 0 Å². The standard InChI is InChI=1S/C22H31N5O4/c1-27(15-17-10-12-23-13-11-17)22(29)20-24-21(31-26-20)18(14-19(28)25-30)9-5-8-16-6-3-2-4-7-16/h10-13,16,18,30H,2-9,14-15H2,1H3,(H,25,28)/t18-/m0/s1. The van der Waals surface area contributed by atoms with Crippen molar-refractivity contribution >= 4 is 11.8 Å². The Balaban J connectivity index is 1.61. The zero-order chi connectivity index (χ0) is 22.1. The molecule has 1 saturated carbocycles. The minimum absolute atomic E-state index is 0.0316. The fraction of sp³-hybridized carbons (Fsp3) is 0.591. The summed E-state index contributed by atoms with van der Waals surface area (Å²) in [7, 11) is 1.67. The quantitative estimate of drug-likeness (QED) is 0.438. The molecule has 0 bridgehead atoms. The number of rotatable bonds is 10. The minimum atomic E-state index is -0.511. The molecule has 1 fully saturated rings. The number of hydrogen-bond donors (Lipinski definition) is 2. The van der Waals surface area contributed by atoms with Crippen molar-refractivity contribution in [2.45, 2.75) is 70.3 Å². The van der Waals surface area contributed by atoms with Gasteiger partial charge in [-0.15, -0.1) is 0 Å². The summed E-state index contributed by atoms with van der Waals surface area (Å²) in [6.07, 6.45) is 12.5. The van der Waals surface area contributed by atoms with Crippen molar-refractivity contribution in [3.05, 3.63) is 41.8 Å². The lowest BCUT2D eigenvalue weighted by atomic mass is 9.84. The molecule has 0 unspecified atom stereocenters. The predicted octanol–water partition coefficient (Wildman–Crippen LogP) is 3.47. The molecule has 2 N–H and O–H groups in total. The van der Waals surface area contributed by atoms with E-state index in [1.807, 2.05) is 12.1 Å². The normalized spacial score (nSPS) is 15.4. The van der Waals surface area contributed by atoms with E-state index in [2.05, 4.69) is 15.1 Å². The summed E-state index contributed by atoms with van der Waals surface area (Å²) in [4.78, 5) is 34.2. The summed E-state index contributed by atoms with van der Waals surface area (Å²) in [5.41, 5.74) is 2.61. The van der Waals surface area contributed by atoms with Crippen molar-refractivity contribution in [1.82, 2.24) is 25.5 Å². The van der Waals surface area contributed by atoms with Gasteiger partial charge in [0.2, 0.25) is 11.8 Å². The van der Waals surface area contributed by atoms with Crippen molar-refractivity contribution < 1.29 is 19.3 Å². The number of nitrogens with one attached hydrogen (secondary N) is 1. The molecule has 2 aromatic heterocycles. The van der Waals surface area contributed by atoms with Crippen LogP contribution >= 0.6 is 0 Å². The zero-order valence-electron chi connectivity index (χ0n) is 18.0. The van der Waals surface area contributed by atoms with Crippen molar-refractivity contribution in [3.8, 4) is 0 Å². The summed E-state index contributed by atoms with van der Waals surface area (Å²) in [5, 5.41) is 12.8. The topological polar surface area (TPSA) is 121 Å². The maximum absolute atomic E-state index is 12.7. The molecule has 2 heterocycles. The highest BCUT2D eigenvalue weighted by molar-refractivity contribution is 5.90. The Kier molecular flexibility index (Phi) is 8.52. The molecule has 1 atom stereocenters. The summed E-state index contributed by atoms with van der Waals surface area (Å²) in [6, 6.07) is 3.67. The largest absolute Gasteiger partial charge is 0.338 e. The molecule has 0 aliphatic heterocycles. The lowest BCUT2D eigenvalue weighted by Crippen LogP contribution is -2.27. The molecule has 0 spiro atoms. The lowest BCUT2D eigenvalue weighted by Gasteiger charge is -2.22. The average Bonchev–Trinajstić information content (AvgIpc) is 3.29. The molecule has 3 rings (SSSR count). The molecule has 31 heavy (non-hydrogen) atoms. The van der Waals surface area contributed by atoms with Gasteiger partial charge in [0.15, 0.2) is 0 Å². The molecule has 1 aliphatic rings. The maximum Gasteiger partial charge on any atom is 0.295 e. The highest BCUT2D eigenvalue weighted by atomic mass is 16.5. The third kappa shape index (κ3) is 6.85. The lowest BCUT2D eigenvalue weighted by molar-refractivity contribution is -0.129. The van der Waals surface area contributed by atoms with E-state index < -0.39 is 5.91 Å². The van der Waals surface area contributed by atoms with Gasteiger partial charge in [0.25, 0.3) is 11.7 Å². The number of amides is 2.